The van der Waals surface area contributed by atoms with Gasteiger partial charge in [-0.05, 0) is 43.1 Å². The second-order valence-corrected chi connectivity index (χ2v) is 4.29. The third-order valence-corrected chi connectivity index (χ3v) is 2.94. The van der Waals surface area contributed by atoms with Gasteiger partial charge in [-0.2, -0.15) is 0 Å². The minimum Gasteiger partial charge on any atom is -0.363 e. The van der Waals surface area contributed by atoms with Crippen molar-refractivity contribution in [3.63, 3.8) is 0 Å². The maximum atomic E-state index is 5.20. The third-order valence-electron chi connectivity index (χ3n) is 2.69. The number of rotatable bonds is 4. The Morgan fingerprint density at radius 1 is 1.31 bits per heavy atom. The second kappa shape index (κ2) is 6.48. The molecule has 1 aromatic carbocycles. The molecule has 2 nitrogen and oxygen atoms in total. The molecule has 0 bridgehead atoms. The van der Waals surface area contributed by atoms with E-state index in [4.69, 9.17) is 12.2 Å². The van der Waals surface area contributed by atoms with Gasteiger partial charge in [0.05, 0.1) is 0 Å². The lowest BCUT2D eigenvalue weighted by Gasteiger charge is -2.17. The van der Waals surface area contributed by atoms with E-state index >= 15 is 0 Å². The van der Waals surface area contributed by atoms with Crippen molar-refractivity contribution in [1.29, 1.82) is 0 Å². The van der Waals surface area contributed by atoms with Crippen LogP contribution in [0.15, 0.2) is 24.3 Å². The normalized spacial score (nSPS) is 11.9. The molecule has 1 aromatic rings. The van der Waals surface area contributed by atoms with Gasteiger partial charge in [0.2, 0.25) is 0 Å². The van der Waals surface area contributed by atoms with Crippen molar-refractivity contribution >= 4 is 23.0 Å². The maximum absolute atomic E-state index is 5.20. The molecule has 1 rings (SSSR count). The van der Waals surface area contributed by atoms with E-state index in [0.29, 0.717) is 11.0 Å². The summed E-state index contributed by atoms with van der Waals surface area (Å²) in [4.78, 5) is 0. The Hall–Kier alpha value is -1.09. The van der Waals surface area contributed by atoms with Crippen molar-refractivity contribution in [2.45, 2.75) is 33.1 Å². The molecular weight excluding hydrogens is 216 g/mol. The first kappa shape index (κ1) is 13.0. The van der Waals surface area contributed by atoms with E-state index in [0.717, 1.165) is 18.7 Å². The molecule has 0 spiro atoms. The van der Waals surface area contributed by atoms with Crippen molar-refractivity contribution in [1.82, 2.24) is 5.32 Å². The fourth-order valence-electron chi connectivity index (χ4n) is 1.59. The van der Waals surface area contributed by atoms with Gasteiger partial charge in [-0.25, -0.2) is 0 Å². The molecule has 16 heavy (non-hydrogen) atoms. The van der Waals surface area contributed by atoms with Gasteiger partial charge in [0, 0.05) is 12.2 Å². The van der Waals surface area contributed by atoms with Gasteiger partial charge < -0.3 is 10.6 Å². The zero-order chi connectivity index (χ0) is 12.0. The van der Waals surface area contributed by atoms with E-state index in [1.54, 1.807) is 0 Å². The first-order valence-corrected chi connectivity index (χ1v) is 6.23. The molecule has 0 fully saturated rings. The third kappa shape index (κ3) is 3.49. The Kier molecular flexibility index (Phi) is 5.26. The lowest BCUT2D eigenvalue weighted by Crippen LogP contribution is -2.28. The Morgan fingerprint density at radius 3 is 2.62 bits per heavy atom. The average molecular weight is 236 g/mol. The fourth-order valence-corrected chi connectivity index (χ4v) is 1.84. The van der Waals surface area contributed by atoms with Gasteiger partial charge in [0.1, 0.15) is 0 Å². The Morgan fingerprint density at radius 2 is 2.00 bits per heavy atom. The van der Waals surface area contributed by atoms with Gasteiger partial charge in [-0.1, -0.05) is 32.0 Å². The summed E-state index contributed by atoms with van der Waals surface area (Å²) >= 11 is 5.20. The number of nitrogens with one attached hydrogen (secondary N) is 2. The predicted octanol–water partition coefficient (Wildman–Crippen LogP) is 3.51. The van der Waals surface area contributed by atoms with E-state index in [9.17, 15) is 0 Å². The van der Waals surface area contributed by atoms with Crippen molar-refractivity contribution in [3.8, 4) is 0 Å². The van der Waals surface area contributed by atoms with Crippen molar-refractivity contribution in [2.24, 2.45) is 0 Å². The Labute approximate surface area is 103 Å². The summed E-state index contributed by atoms with van der Waals surface area (Å²) in [6, 6.07) is 8.34. The molecule has 0 saturated carbocycles. The fraction of sp³-hybridized carbons (Fsp3) is 0.462. The highest BCUT2D eigenvalue weighted by Gasteiger charge is 2.08. The van der Waals surface area contributed by atoms with Crippen LogP contribution in [-0.2, 0) is 0 Å². The zero-order valence-corrected chi connectivity index (χ0v) is 11.0. The van der Waals surface area contributed by atoms with Crippen LogP contribution in [0.3, 0.4) is 0 Å². The summed E-state index contributed by atoms with van der Waals surface area (Å²) in [7, 11) is 0. The Balaban J connectivity index is 2.82. The van der Waals surface area contributed by atoms with Crippen molar-refractivity contribution in [3.05, 3.63) is 29.8 Å². The van der Waals surface area contributed by atoms with Gasteiger partial charge >= 0.3 is 0 Å². The van der Waals surface area contributed by atoms with Gasteiger partial charge in [0.15, 0.2) is 5.11 Å². The molecule has 0 saturated heterocycles. The van der Waals surface area contributed by atoms with Crippen LogP contribution >= 0.6 is 12.2 Å². The Bertz CT molecular complexity index is 350. The highest BCUT2D eigenvalue weighted by molar-refractivity contribution is 7.80. The zero-order valence-electron chi connectivity index (χ0n) is 10.2. The van der Waals surface area contributed by atoms with Crippen LogP contribution < -0.4 is 10.6 Å². The SMILES string of the molecule is CCNC(=S)Nc1ccccc1[C@H](C)CC. The number of para-hydroxylation sites is 1. The number of hydrogen-bond acceptors (Lipinski definition) is 1. The molecule has 0 aliphatic rings. The van der Waals surface area contributed by atoms with Crippen LogP contribution in [-0.4, -0.2) is 11.7 Å². The number of thiocarbonyl (C=S) groups is 1. The minimum atomic E-state index is 0.549. The minimum absolute atomic E-state index is 0.549. The highest BCUT2D eigenvalue weighted by atomic mass is 32.1. The van der Waals surface area contributed by atoms with Crippen LogP contribution in [0.5, 0.6) is 0 Å². The average Bonchev–Trinajstić information content (AvgIpc) is 2.29. The first-order valence-electron chi connectivity index (χ1n) is 5.82. The van der Waals surface area contributed by atoms with Crippen LogP contribution in [0.1, 0.15) is 38.7 Å². The van der Waals surface area contributed by atoms with Crippen LogP contribution in [0.25, 0.3) is 0 Å². The number of benzene rings is 1. The summed E-state index contributed by atoms with van der Waals surface area (Å²) in [6.07, 6.45) is 1.13. The number of anilines is 1. The van der Waals surface area contributed by atoms with E-state index in [1.165, 1.54) is 5.56 Å². The highest BCUT2D eigenvalue weighted by Crippen LogP contribution is 2.26. The molecule has 0 aliphatic carbocycles. The summed E-state index contributed by atoms with van der Waals surface area (Å²) in [5, 5.41) is 7.04. The van der Waals surface area contributed by atoms with E-state index in [1.807, 2.05) is 13.0 Å². The first-order chi connectivity index (χ1) is 7.69. The summed E-state index contributed by atoms with van der Waals surface area (Å²) in [6.45, 7) is 7.31. The van der Waals surface area contributed by atoms with Crippen LogP contribution in [0.2, 0.25) is 0 Å². The molecule has 1 atom stereocenters. The van der Waals surface area contributed by atoms with E-state index < -0.39 is 0 Å². The summed E-state index contributed by atoms with van der Waals surface area (Å²) in [5.41, 5.74) is 2.44. The van der Waals surface area contributed by atoms with E-state index in [2.05, 4.69) is 42.7 Å². The number of hydrogen-bond donors (Lipinski definition) is 2. The van der Waals surface area contributed by atoms with Gasteiger partial charge in [0.25, 0.3) is 0 Å². The molecule has 0 aromatic heterocycles. The molecule has 0 heterocycles. The quantitative estimate of drug-likeness (QED) is 0.782. The monoisotopic (exact) mass is 236 g/mol. The lowest BCUT2D eigenvalue weighted by atomic mass is 9.97. The molecule has 3 heteroatoms. The van der Waals surface area contributed by atoms with Gasteiger partial charge in [-0.15, -0.1) is 0 Å². The predicted molar refractivity (Wildman–Crippen MR) is 75.0 cm³/mol. The molecule has 0 unspecified atom stereocenters. The summed E-state index contributed by atoms with van der Waals surface area (Å²) in [5.74, 6) is 0.549. The largest absolute Gasteiger partial charge is 0.363 e. The summed E-state index contributed by atoms with van der Waals surface area (Å²) < 4.78 is 0. The lowest BCUT2D eigenvalue weighted by molar-refractivity contribution is 0.735. The van der Waals surface area contributed by atoms with Crippen molar-refractivity contribution < 1.29 is 0 Å². The maximum Gasteiger partial charge on any atom is 0.170 e. The topological polar surface area (TPSA) is 24.1 Å². The second-order valence-electron chi connectivity index (χ2n) is 3.88. The standard InChI is InChI=1S/C13H20N2S/c1-4-10(3)11-8-6-7-9-12(11)15-13(16)14-5-2/h6-10H,4-5H2,1-3H3,(H2,14,15,16)/t10-/m1/s1. The molecule has 0 aliphatic heterocycles. The molecule has 0 amide bonds. The van der Waals surface area contributed by atoms with Gasteiger partial charge in [-0.3, -0.25) is 0 Å². The van der Waals surface area contributed by atoms with E-state index in [-0.39, 0.29) is 0 Å². The smallest absolute Gasteiger partial charge is 0.170 e. The van der Waals surface area contributed by atoms with Crippen LogP contribution in [0, 0.1) is 0 Å². The van der Waals surface area contributed by atoms with Crippen LogP contribution in [0.4, 0.5) is 5.69 Å². The molecule has 88 valence electrons. The molecule has 2 N–H and O–H groups in total. The molecular formula is C13H20N2S. The molecule has 0 radical (unpaired) electrons. The van der Waals surface area contributed by atoms with Crippen molar-refractivity contribution in [2.75, 3.05) is 11.9 Å².